The van der Waals surface area contributed by atoms with Crippen LogP contribution in [0.5, 0.6) is 0 Å². The van der Waals surface area contributed by atoms with Crippen LogP contribution in [0.3, 0.4) is 0 Å². The molecule has 0 bridgehead atoms. The summed E-state index contributed by atoms with van der Waals surface area (Å²) in [6, 6.07) is 1.74. The summed E-state index contributed by atoms with van der Waals surface area (Å²) in [6.07, 6.45) is 2.14. The predicted octanol–water partition coefficient (Wildman–Crippen LogP) is 2.85. The number of hydrogen-bond acceptors (Lipinski definition) is 1. The first-order valence-electron chi connectivity index (χ1n) is 4.38. The minimum absolute atomic E-state index is 0.391. The van der Waals surface area contributed by atoms with Gasteiger partial charge in [-0.05, 0) is 30.5 Å². The van der Waals surface area contributed by atoms with E-state index in [0.29, 0.717) is 17.5 Å². The van der Waals surface area contributed by atoms with Gasteiger partial charge in [0.1, 0.15) is 11.6 Å². The maximum atomic E-state index is 13.1. The molecule has 0 aliphatic carbocycles. The molecule has 0 saturated carbocycles. The van der Waals surface area contributed by atoms with Crippen LogP contribution >= 0.6 is 0 Å². The van der Waals surface area contributed by atoms with E-state index in [1.54, 1.807) is 13.0 Å². The van der Waals surface area contributed by atoms with Gasteiger partial charge < -0.3 is 5.73 Å². The van der Waals surface area contributed by atoms with Crippen molar-refractivity contribution in [3.63, 3.8) is 0 Å². The summed E-state index contributed by atoms with van der Waals surface area (Å²) in [7, 11) is 0. The molecule has 0 saturated heterocycles. The van der Waals surface area contributed by atoms with Crippen LogP contribution in [-0.2, 0) is 0 Å². The molecule has 1 unspecified atom stereocenters. The number of nitrogens with two attached hydrogens (primary N) is 1. The van der Waals surface area contributed by atoms with E-state index < -0.39 is 17.7 Å². The number of benzene rings is 1. The van der Waals surface area contributed by atoms with Crippen LogP contribution in [0.4, 0.5) is 8.78 Å². The molecule has 1 aromatic carbocycles. The molecule has 2 N–H and O–H groups in total. The zero-order valence-corrected chi connectivity index (χ0v) is 8.06. The Morgan fingerprint density at radius 2 is 2.14 bits per heavy atom. The van der Waals surface area contributed by atoms with Crippen molar-refractivity contribution in [3.05, 3.63) is 47.5 Å². The van der Waals surface area contributed by atoms with Gasteiger partial charge in [0, 0.05) is 12.1 Å². The highest BCUT2D eigenvalue weighted by molar-refractivity contribution is 5.31. The van der Waals surface area contributed by atoms with E-state index in [0.717, 1.165) is 6.07 Å². The predicted molar refractivity (Wildman–Crippen MR) is 52.8 cm³/mol. The van der Waals surface area contributed by atoms with Crippen LogP contribution in [0.15, 0.2) is 24.8 Å². The molecule has 0 aliphatic rings. The maximum absolute atomic E-state index is 13.1. The zero-order chi connectivity index (χ0) is 10.7. The van der Waals surface area contributed by atoms with Crippen molar-refractivity contribution in [2.24, 2.45) is 5.73 Å². The Balaban J connectivity index is 3.12. The lowest BCUT2D eigenvalue weighted by molar-refractivity contribution is 0.566. The monoisotopic (exact) mass is 197 g/mol. The van der Waals surface area contributed by atoms with Gasteiger partial charge in [0.2, 0.25) is 0 Å². The Labute approximate surface area is 82.2 Å². The molecule has 1 aromatic rings. The second-order valence-corrected chi connectivity index (χ2v) is 3.23. The summed E-state index contributed by atoms with van der Waals surface area (Å²) in [5, 5.41) is 0. The Morgan fingerprint density at radius 3 is 2.71 bits per heavy atom. The van der Waals surface area contributed by atoms with E-state index in [9.17, 15) is 8.78 Å². The van der Waals surface area contributed by atoms with Crippen molar-refractivity contribution in [1.29, 1.82) is 0 Å². The molecule has 14 heavy (non-hydrogen) atoms. The van der Waals surface area contributed by atoms with E-state index in [1.807, 2.05) is 0 Å². The summed E-state index contributed by atoms with van der Waals surface area (Å²) in [5.74, 6) is -1.15. The van der Waals surface area contributed by atoms with Crippen molar-refractivity contribution >= 4 is 0 Å². The largest absolute Gasteiger partial charge is 0.324 e. The first-order valence-corrected chi connectivity index (χ1v) is 4.38. The minimum atomic E-state index is -0.595. The van der Waals surface area contributed by atoms with Crippen LogP contribution in [0, 0.1) is 18.6 Å². The smallest absolute Gasteiger partial charge is 0.129 e. The second kappa shape index (κ2) is 4.33. The molecule has 0 aromatic heterocycles. The van der Waals surface area contributed by atoms with Crippen molar-refractivity contribution < 1.29 is 8.78 Å². The zero-order valence-electron chi connectivity index (χ0n) is 8.06. The van der Waals surface area contributed by atoms with Crippen molar-refractivity contribution in [3.8, 4) is 0 Å². The molecule has 0 aliphatic heterocycles. The van der Waals surface area contributed by atoms with Crippen molar-refractivity contribution in [2.45, 2.75) is 19.4 Å². The Morgan fingerprint density at radius 1 is 1.50 bits per heavy atom. The lowest BCUT2D eigenvalue weighted by Gasteiger charge is -2.13. The molecule has 0 radical (unpaired) electrons. The third-order valence-corrected chi connectivity index (χ3v) is 2.17. The van der Waals surface area contributed by atoms with E-state index in [4.69, 9.17) is 5.73 Å². The SMILES string of the molecule is C=CCC(N)c1cc(F)cc(F)c1C. The van der Waals surface area contributed by atoms with Gasteiger partial charge in [-0.1, -0.05) is 6.08 Å². The number of halogens is 2. The number of rotatable bonds is 3. The molecule has 1 nitrogen and oxygen atoms in total. The fourth-order valence-electron chi connectivity index (χ4n) is 1.36. The van der Waals surface area contributed by atoms with Crippen molar-refractivity contribution in [1.82, 2.24) is 0 Å². The number of hydrogen-bond donors (Lipinski definition) is 1. The fourth-order valence-corrected chi connectivity index (χ4v) is 1.36. The Hall–Kier alpha value is -1.22. The summed E-state index contributed by atoms with van der Waals surface area (Å²) >= 11 is 0. The van der Waals surface area contributed by atoms with Gasteiger partial charge in [-0.2, -0.15) is 0 Å². The molecular weight excluding hydrogens is 184 g/mol. The molecule has 0 spiro atoms. The van der Waals surface area contributed by atoms with E-state index >= 15 is 0 Å². The van der Waals surface area contributed by atoms with Crippen LogP contribution in [0.1, 0.15) is 23.6 Å². The molecule has 0 heterocycles. The summed E-state index contributed by atoms with van der Waals surface area (Å²) < 4.78 is 26.0. The maximum Gasteiger partial charge on any atom is 0.129 e. The standard InChI is InChI=1S/C11H13F2N/c1-3-4-11(14)9-5-8(12)6-10(13)7(9)2/h3,5-6,11H,1,4,14H2,2H3. The highest BCUT2D eigenvalue weighted by Gasteiger charge is 2.12. The third-order valence-electron chi connectivity index (χ3n) is 2.17. The Kier molecular flexibility index (Phi) is 3.36. The lowest BCUT2D eigenvalue weighted by atomic mass is 9.99. The molecule has 3 heteroatoms. The van der Waals surface area contributed by atoms with Crippen LogP contribution in [-0.4, -0.2) is 0 Å². The van der Waals surface area contributed by atoms with Gasteiger partial charge in [-0.25, -0.2) is 8.78 Å². The fraction of sp³-hybridized carbons (Fsp3) is 0.273. The van der Waals surface area contributed by atoms with E-state index in [1.165, 1.54) is 6.07 Å². The highest BCUT2D eigenvalue weighted by atomic mass is 19.1. The van der Waals surface area contributed by atoms with Gasteiger partial charge in [0.05, 0.1) is 0 Å². The molecule has 1 atom stereocenters. The summed E-state index contributed by atoms with van der Waals surface area (Å²) in [6.45, 7) is 5.12. The van der Waals surface area contributed by atoms with E-state index in [-0.39, 0.29) is 0 Å². The second-order valence-electron chi connectivity index (χ2n) is 3.23. The molecular formula is C11H13F2N. The molecule has 1 rings (SSSR count). The molecule has 0 amide bonds. The van der Waals surface area contributed by atoms with Crippen LogP contribution in [0.25, 0.3) is 0 Å². The lowest BCUT2D eigenvalue weighted by Crippen LogP contribution is -2.12. The van der Waals surface area contributed by atoms with Gasteiger partial charge in [-0.3, -0.25) is 0 Å². The third kappa shape index (κ3) is 2.17. The quantitative estimate of drug-likeness (QED) is 0.741. The van der Waals surface area contributed by atoms with E-state index in [2.05, 4.69) is 6.58 Å². The van der Waals surface area contributed by atoms with Crippen LogP contribution in [0.2, 0.25) is 0 Å². The normalized spacial score (nSPS) is 12.6. The average Bonchev–Trinajstić information content (AvgIpc) is 2.11. The average molecular weight is 197 g/mol. The van der Waals surface area contributed by atoms with Gasteiger partial charge in [0.25, 0.3) is 0 Å². The van der Waals surface area contributed by atoms with Gasteiger partial charge in [-0.15, -0.1) is 6.58 Å². The molecule has 76 valence electrons. The first-order chi connectivity index (χ1) is 6.56. The Bertz CT molecular complexity index is 347. The topological polar surface area (TPSA) is 26.0 Å². The van der Waals surface area contributed by atoms with Gasteiger partial charge >= 0.3 is 0 Å². The molecule has 0 fully saturated rings. The van der Waals surface area contributed by atoms with Gasteiger partial charge in [0.15, 0.2) is 0 Å². The highest BCUT2D eigenvalue weighted by Crippen LogP contribution is 2.22. The summed E-state index contributed by atoms with van der Waals surface area (Å²) in [5.41, 5.74) is 6.65. The first kappa shape index (κ1) is 10.9. The summed E-state index contributed by atoms with van der Waals surface area (Å²) in [4.78, 5) is 0. The van der Waals surface area contributed by atoms with Crippen molar-refractivity contribution in [2.75, 3.05) is 0 Å². The minimum Gasteiger partial charge on any atom is -0.324 e. The van der Waals surface area contributed by atoms with Crippen LogP contribution < -0.4 is 5.73 Å².